The van der Waals surface area contributed by atoms with E-state index in [2.05, 4.69) is 15.3 Å². The average Bonchev–Trinajstić information content (AvgIpc) is 2.77. The second kappa shape index (κ2) is 10.2. The van der Waals surface area contributed by atoms with E-state index in [9.17, 15) is 14.4 Å². The molecule has 3 rings (SSSR count). The molecule has 1 heterocycles. The smallest absolute Gasteiger partial charge is 0.338 e. The number of aromatic nitrogens is 2. The summed E-state index contributed by atoms with van der Waals surface area (Å²) < 4.78 is 10.2. The maximum absolute atomic E-state index is 12.6. The summed E-state index contributed by atoms with van der Waals surface area (Å²) in [5, 5.41) is 2.66. The predicted molar refractivity (Wildman–Crippen MR) is 116 cm³/mol. The highest BCUT2D eigenvalue weighted by Gasteiger charge is 2.13. The van der Waals surface area contributed by atoms with Crippen molar-refractivity contribution in [2.45, 2.75) is 19.8 Å². The highest BCUT2D eigenvalue weighted by atomic mass is 16.5. The Morgan fingerprint density at radius 3 is 2.58 bits per heavy atom. The first-order chi connectivity index (χ1) is 15.0. The van der Waals surface area contributed by atoms with E-state index in [1.54, 1.807) is 25.3 Å². The molecule has 0 aliphatic rings. The standard InChI is InChI=1S/C23H23N3O5/c1-3-11-31-23(29)16-5-4-6-17(13-16)24-22(28)19-14-21(27)26-20(25-19)12-15-7-9-18(30-2)10-8-15/h4-10,13-14H,3,11-12H2,1-2H3,(H,24,28)(H,25,26,27). The molecule has 2 N–H and O–H groups in total. The molecule has 1 amide bonds. The third-order valence-corrected chi connectivity index (χ3v) is 4.35. The van der Waals surface area contributed by atoms with Gasteiger partial charge >= 0.3 is 5.97 Å². The fourth-order valence-corrected chi connectivity index (χ4v) is 2.84. The lowest BCUT2D eigenvalue weighted by Gasteiger charge is -2.08. The second-order valence-corrected chi connectivity index (χ2v) is 6.77. The van der Waals surface area contributed by atoms with Crippen molar-refractivity contribution in [2.24, 2.45) is 0 Å². The van der Waals surface area contributed by atoms with Crippen LogP contribution in [0.2, 0.25) is 0 Å². The minimum absolute atomic E-state index is 0.0220. The molecule has 31 heavy (non-hydrogen) atoms. The van der Waals surface area contributed by atoms with Gasteiger partial charge in [0.1, 0.15) is 17.3 Å². The quantitative estimate of drug-likeness (QED) is 0.541. The number of amides is 1. The molecule has 0 bridgehead atoms. The Morgan fingerprint density at radius 1 is 1.10 bits per heavy atom. The Kier molecular flexibility index (Phi) is 7.16. The van der Waals surface area contributed by atoms with Crippen molar-refractivity contribution in [1.29, 1.82) is 0 Å². The molecule has 8 nitrogen and oxygen atoms in total. The zero-order valence-electron chi connectivity index (χ0n) is 17.3. The summed E-state index contributed by atoms with van der Waals surface area (Å²) in [7, 11) is 1.58. The molecule has 0 atom stereocenters. The van der Waals surface area contributed by atoms with Crippen LogP contribution in [-0.4, -0.2) is 35.6 Å². The Hall–Kier alpha value is -3.94. The van der Waals surface area contributed by atoms with Gasteiger partial charge in [0, 0.05) is 18.2 Å². The van der Waals surface area contributed by atoms with Crippen molar-refractivity contribution in [3.8, 4) is 5.75 Å². The maximum atomic E-state index is 12.6. The number of methoxy groups -OCH3 is 1. The molecular weight excluding hydrogens is 398 g/mol. The zero-order valence-corrected chi connectivity index (χ0v) is 17.3. The normalized spacial score (nSPS) is 10.4. The van der Waals surface area contributed by atoms with Crippen molar-refractivity contribution >= 4 is 17.6 Å². The molecular formula is C23H23N3O5. The number of H-pyrrole nitrogens is 1. The molecule has 8 heteroatoms. The van der Waals surface area contributed by atoms with E-state index in [-0.39, 0.29) is 5.69 Å². The van der Waals surface area contributed by atoms with Gasteiger partial charge in [-0.05, 0) is 42.3 Å². The van der Waals surface area contributed by atoms with Crippen molar-refractivity contribution in [2.75, 3.05) is 19.0 Å². The molecule has 2 aromatic carbocycles. The summed E-state index contributed by atoms with van der Waals surface area (Å²) in [6, 6.07) is 14.9. The molecule has 160 valence electrons. The third kappa shape index (κ3) is 6.02. The zero-order chi connectivity index (χ0) is 22.2. The number of ether oxygens (including phenoxy) is 2. The summed E-state index contributed by atoms with van der Waals surface area (Å²) in [6.45, 7) is 2.23. The molecule has 0 saturated heterocycles. The van der Waals surface area contributed by atoms with Gasteiger partial charge in [-0.25, -0.2) is 9.78 Å². The number of carbonyl (C=O) groups is 2. The summed E-state index contributed by atoms with van der Waals surface area (Å²) in [5.41, 5.74) is 1.17. The first-order valence-corrected chi connectivity index (χ1v) is 9.80. The van der Waals surface area contributed by atoms with Crippen LogP contribution < -0.4 is 15.6 Å². The van der Waals surface area contributed by atoms with Gasteiger partial charge < -0.3 is 19.8 Å². The number of esters is 1. The SMILES string of the molecule is CCCOC(=O)c1cccc(NC(=O)c2cc(=O)[nH]c(Cc3ccc(OC)cc3)n2)c1. The lowest BCUT2D eigenvalue weighted by Crippen LogP contribution is -2.20. The predicted octanol–water partition coefficient (Wildman–Crippen LogP) is 3.19. The van der Waals surface area contributed by atoms with Crippen LogP contribution in [0.15, 0.2) is 59.4 Å². The Bertz CT molecular complexity index is 1120. The van der Waals surface area contributed by atoms with Crippen molar-refractivity contribution in [1.82, 2.24) is 9.97 Å². The van der Waals surface area contributed by atoms with E-state index >= 15 is 0 Å². The first-order valence-electron chi connectivity index (χ1n) is 9.80. The topological polar surface area (TPSA) is 110 Å². The highest BCUT2D eigenvalue weighted by molar-refractivity contribution is 6.03. The number of rotatable bonds is 8. The van der Waals surface area contributed by atoms with Crippen LogP contribution >= 0.6 is 0 Å². The van der Waals surface area contributed by atoms with Gasteiger partial charge in [0.25, 0.3) is 11.5 Å². The minimum atomic E-state index is -0.554. The molecule has 0 fully saturated rings. The summed E-state index contributed by atoms with van der Waals surface area (Å²) >= 11 is 0. The number of carbonyl (C=O) groups excluding carboxylic acids is 2. The highest BCUT2D eigenvalue weighted by Crippen LogP contribution is 2.15. The fourth-order valence-electron chi connectivity index (χ4n) is 2.84. The second-order valence-electron chi connectivity index (χ2n) is 6.77. The number of aromatic amines is 1. The van der Waals surface area contributed by atoms with Crippen LogP contribution in [0, 0.1) is 0 Å². The van der Waals surface area contributed by atoms with E-state index in [0.29, 0.717) is 30.1 Å². The van der Waals surface area contributed by atoms with Gasteiger partial charge in [-0.1, -0.05) is 25.1 Å². The Morgan fingerprint density at radius 2 is 1.87 bits per heavy atom. The summed E-state index contributed by atoms with van der Waals surface area (Å²) in [5.74, 6) is 0.0639. The monoisotopic (exact) mass is 421 g/mol. The number of nitrogens with one attached hydrogen (secondary N) is 2. The largest absolute Gasteiger partial charge is 0.497 e. The van der Waals surface area contributed by atoms with E-state index in [1.807, 2.05) is 31.2 Å². The third-order valence-electron chi connectivity index (χ3n) is 4.35. The maximum Gasteiger partial charge on any atom is 0.338 e. The summed E-state index contributed by atoms with van der Waals surface area (Å²) in [6.07, 6.45) is 1.06. The van der Waals surface area contributed by atoms with Gasteiger partial charge in [-0.3, -0.25) is 9.59 Å². The molecule has 1 aromatic heterocycles. The van der Waals surface area contributed by atoms with Gasteiger partial charge in [0.05, 0.1) is 19.3 Å². The minimum Gasteiger partial charge on any atom is -0.497 e. The molecule has 3 aromatic rings. The number of hydrogen-bond acceptors (Lipinski definition) is 6. The lowest BCUT2D eigenvalue weighted by atomic mass is 10.1. The van der Waals surface area contributed by atoms with Crippen LogP contribution in [0.3, 0.4) is 0 Å². The van der Waals surface area contributed by atoms with Gasteiger partial charge in [-0.2, -0.15) is 0 Å². The Labute approximate surface area is 179 Å². The van der Waals surface area contributed by atoms with Crippen LogP contribution in [0.25, 0.3) is 0 Å². The van der Waals surface area contributed by atoms with Gasteiger partial charge in [-0.15, -0.1) is 0 Å². The molecule has 0 aliphatic carbocycles. The van der Waals surface area contributed by atoms with E-state index < -0.39 is 17.4 Å². The van der Waals surface area contributed by atoms with Gasteiger partial charge in [0.15, 0.2) is 0 Å². The van der Waals surface area contributed by atoms with E-state index in [1.165, 1.54) is 6.07 Å². The number of hydrogen-bond donors (Lipinski definition) is 2. The molecule has 0 unspecified atom stereocenters. The van der Waals surface area contributed by atoms with E-state index in [4.69, 9.17) is 9.47 Å². The van der Waals surface area contributed by atoms with Crippen LogP contribution in [0.1, 0.15) is 45.6 Å². The first kappa shape index (κ1) is 21.8. The van der Waals surface area contributed by atoms with Gasteiger partial charge in [0.2, 0.25) is 0 Å². The van der Waals surface area contributed by atoms with Crippen LogP contribution in [-0.2, 0) is 11.2 Å². The molecule has 0 radical (unpaired) electrons. The number of anilines is 1. The van der Waals surface area contributed by atoms with Crippen molar-refractivity contribution in [3.63, 3.8) is 0 Å². The van der Waals surface area contributed by atoms with E-state index in [0.717, 1.165) is 23.8 Å². The van der Waals surface area contributed by atoms with Crippen LogP contribution in [0.4, 0.5) is 5.69 Å². The van der Waals surface area contributed by atoms with Crippen LogP contribution in [0.5, 0.6) is 5.75 Å². The Balaban J connectivity index is 1.74. The lowest BCUT2D eigenvalue weighted by molar-refractivity contribution is 0.0505. The number of nitrogens with zero attached hydrogens (tertiary/aromatic N) is 1. The fraction of sp³-hybridized carbons (Fsp3) is 0.217. The molecule has 0 spiro atoms. The average molecular weight is 421 g/mol. The van der Waals surface area contributed by atoms with Crippen molar-refractivity contribution < 1.29 is 19.1 Å². The number of benzene rings is 2. The molecule has 0 aliphatic heterocycles. The van der Waals surface area contributed by atoms with Crippen molar-refractivity contribution in [3.05, 3.63) is 87.6 Å². The summed E-state index contributed by atoms with van der Waals surface area (Å²) in [4.78, 5) is 43.6. The molecule has 0 saturated carbocycles.